The summed E-state index contributed by atoms with van der Waals surface area (Å²) in [6.45, 7) is 7.49. The van der Waals surface area contributed by atoms with Crippen molar-refractivity contribution in [3.05, 3.63) is 48.6 Å². The summed E-state index contributed by atoms with van der Waals surface area (Å²) in [5.41, 5.74) is 0.998. The summed E-state index contributed by atoms with van der Waals surface area (Å²) in [5.74, 6) is -1.48. The molecule has 0 aliphatic rings. The molecule has 0 aliphatic carbocycles. The Bertz CT molecular complexity index is 484. The van der Waals surface area contributed by atoms with E-state index in [0.717, 1.165) is 5.56 Å². The van der Waals surface area contributed by atoms with Gasteiger partial charge in [0.05, 0.1) is 0 Å². The quantitative estimate of drug-likeness (QED) is 0.723. The standard InChI is InChI=1S/C17H23NO3/c1-4-12(3)16(17(20)21)18-15(19)11-13(5-2)14-9-7-6-8-10-14/h5-10,12-13,16H,2,4,11H2,1,3H3,(H,18,19)(H,20,21)/t12-,13?,16-/m0/s1. The molecule has 1 rings (SSSR count). The van der Waals surface area contributed by atoms with Gasteiger partial charge in [-0.05, 0) is 11.5 Å². The zero-order valence-corrected chi connectivity index (χ0v) is 12.6. The Morgan fingerprint density at radius 1 is 1.33 bits per heavy atom. The molecule has 21 heavy (non-hydrogen) atoms. The van der Waals surface area contributed by atoms with Gasteiger partial charge in [-0.2, -0.15) is 0 Å². The number of carbonyl (C=O) groups excluding carboxylic acids is 1. The molecule has 114 valence electrons. The molecular formula is C17H23NO3. The number of carbonyl (C=O) groups is 2. The summed E-state index contributed by atoms with van der Waals surface area (Å²) in [6.07, 6.45) is 2.61. The third-order valence-corrected chi connectivity index (χ3v) is 3.71. The van der Waals surface area contributed by atoms with Crippen molar-refractivity contribution in [2.45, 2.75) is 38.6 Å². The van der Waals surface area contributed by atoms with Crippen molar-refractivity contribution in [1.82, 2.24) is 5.32 Å². The molecule has 0 heterocycles. The van der Waals surface area contributed by atoms with Gasteiger partial charge in [0.15, 0.2) is 0 Å². The Kier molecular flexibility index (Phi) is 6.66. The SMILES string of the molecule is C=CC(CC(=O)N[C@H](C(=O)O)[C@@H](C)CC)c1ccccc1. The summed E-state index contributed by atoms with van der Waals surface area (Å²) in [6, 6.07) is 8.74. The third kappa shape index (κ3) is 5.06. The molecule has 0 bridgehead atoms. The predicted molar refractivity (Wildman–Crippen MR) is 83.0 cm³/mol. The maximum atomic E-state index is 12.1. The van der Waals surface area contributed by atoms with Gasteiger partial charge >= 0.3 is 5.97 Å². The van der Waals surface area contributed by atoms with Crippen molar-refractivity contribution in [3.8, 4) is 0 Å². The first-order chi connectivity index (χ1) is 9.99. The highest BCUT2D eigenvalue weighted by Crippen LogP contribution is 2.20. The number of rotatable bonds is 8. The van der Waals surface area contributed by atoms with E-state index in [1.165, 1.54) is 0 Å². The Labute approximate surface area is 125 Å². The van der Waals surface area contributed by atoms with Crippen LogP contribution in [0.5, 0.6) is 0 Å². The average Bonchev–Trinajstić information content (AvgIpc) is 2.50. The van der Waals surface area contributed by atoms with E-state index in [1.807, 2.05) is 44.2 Å². The smallest absolute Gasteiger partial charge is 0.326 e. The van der Waals surface area contributed by atoms with Crippen LogP contribution in [0.3, 0.4) is 0 Å². The number of nitrogens with one attached hydrogen (secondary N) is 1. The van der Waals surface area contributed by atoms with Gasteiger partial charge in [-0.25, -0.2) is 4.79 Å². The first-order valence-corrected chi connectivity index (χ1v) is 7.19. The molecule has 0 saturated heterocycles. The van der Waals surface area contributed by atoms with Crippen molar-refractivity contribution >= 4 is 11.9 Å². The van der Waals surface area contributed by atoms with Crippen LogP contribution in [0, 0.1) is 5.92 Å². The molecule has 4 nitrogen and oxygen atoms in total. The monoisotopic (exact) mass is 289 g/mol. The zero-order chi connectivity index (χ0) is 15.8. The van der Waals surface area contributed by atoms with E-state index in [1.54, 1.807) is 6.08 Å². The van der Waals surface area contributed by atoms with Gasteiger partial charge in [0.25, 0.3) is 0 Å². The van der Waals surface area contributed by atoms with Crippen LogP contribution in [0.25, 0.3) is 0 Å². The Morgan fingerprint density at radius 2 is 1.95 bits per heavy atom. The van der Waals surface area contributed by atoms with Gasteiger partial charge in [-0.15, -0.1) is 6.58 Å². The number of allylic oxidation sites excluding steroid dienone is 1. The normalized spacial score (nSPS) is 14.8. The van der Waals surface area contributed by atoms with E-state index >= 15 is 0 Å². The summed E-state index contributed by atoms with van der Waals surface area (Å²) < 4.78 is 0. The van der Waals surface area contributed by atoms with Crippen molar-refractivity contribution < 1.29 is 14.7 Å². The maximum absolute atomic E-state index is 12.1. The van der Waals surface area contributed by atoms with E-state index < -0.39 is 12.0 Å². The van der Waals surface area contributed by atoms with Gasteiger partial charge < -0.3 is 10.4 Å². The van der Waals surface area contributed by atoms with Crippen LogP contribution in [0.1, 0.15) is 38.2 Å². The zero-order valence-electron chi connectivity index (χ0n) is 12.6. The first-order valence-electron chi connectivity index (χ1n) is 7.19. The highest BCUT2D eigenvalue weighted by molar-refractivity contribution is 5.84. The lowest BCUT2D eigenvalue weighted by Crippen LogP contribution is -2.45. The second kappa shape index (κ2) is 8.25. The van der Waals surface area contributed by atoms with Crippen LogP contribution in [-0.2, 0) is 9.59 Å². The molecule has 1 aromatic carbocycles. The molecule has 0 fully saturated rings. The van der Waals surface area contributed by atoms with Gasteiger partial charge in [-0.3, -0.25) is 4.79 Å². The Hall–Kier alpha value is -2.10. The highest BCUT2D eigenvalue weighted by atomic mass is 16.4. The fraction of sp³-hybridized carbons (Fsp3) is 0.412. The minimum absolute atomic E-state index is 0.106. The van der Waals surface area contributed by atoms with Crippen LogP contribution in [-0.4, -0.2) is 23.0 Å². The summed E-state index contributed by atoms with van der Waals surface area (Å²) in [7, 11) is 0. The third-order valence-electron chi connectivity index (χ3n) is 3.71. The number of carboxylic acid groups (broad SMARTS) is 1. The average molecular weight is 289 g/mol. The molecule has 0 aromatic heterocycles. The van der Waals surface area contributed by atoms with Crippen LogP contribution in [0.2, 0.25) is 0 Å². The number of carboxylic acids is 1. The van der Waals surface area contributed by atoms with Crippen molar-refractivity contribution in [2.75, 3.05) is 0 Å². The summed E-state index contributed by atoms with van der Waals surface area (Å²) in [4.78, 5) is 23.3. The lowest BCUT2D eigenvalue weighted by Gasteiger charge is -2.21. The maximum Gasteiger partial charge on any atom is 0.326 e. The summed E-state index contributed by atoms with van der Waals surface area (Å²) >= 11 is 0. The van der Waals surface area contributed by atoms with Crippen LogP contribution >= 0.6 is 0 Å². The summed E-state index contributed by atoms with van der Waals surface area (Å²) in [5, 5.41) is 11.8. The van der Waals surface area contributed by atoms with E-state index in [4.69, 9.17) is 0 Å². The molecule has 1 unspecified atom stereocenters. The highest BCUT2D eigenvalue weighted by Gasteiger charge is 2.26. The number of aliphatic carboxylic acids is 1. The minimum Gasteiger partial charge on any atom is -0.480 e. The predicted octanol–water partition coefficient (Wildman–Crippen LogP) is 2.96. The van der Waals surface area contributed by atoms with Crippen molar-refractivity contribution in [2.24, 2.45) is 5.92 Å². The minimum atomic E-state index is -0.993. The van der Waals surface area contributed by atoms with Gasteiger partial charge in [-0.1, -0.05) is 56.7 Å². The number of amides is 1. The first kappa shape index (κ1) is 17.0. The molecule has 1 amide bonds. The van der Waals surface area contributed by atoms with Crippen molar-refractivity contribution in [1.29, 1.82) is 0 Å². The largest absolute Gasteiger partial charge is 0.480 e. The molecule has 0 saturated carbocycles. The second-order valence-corrected chi connectivity index (χ2v) is 5.23. The lowest BCUT2D eigenvalue weighted by molar-refractivity contribution is -0.143. The molecule has 0 aliphatic heterocycles. The van der Waals surface area contributed by atoms with Gasteiger partial charge in [0.2, 0.25) is 5.91 Å². The topological polar surface area (TPSA) is 66.4 Å². The Balaban J connectivity index is 2.70. The van der Waals surface area contributed by atoms with Crippen LogP contribution in [0.4, 0.5) is 0 Å². The van der Waals surface area contributed by atoms with E-state index in [0.29, 0.717) is 6.42 Å². The molecule has 4 heteroatoms. The fourth-order valence-corrected chi connectivity index (χ4v) is 2.15. The van der Waals surface area contributed by atoms with Crippen molar-refractivity contribution in [3.63, 3.8) is 0 Å². The lowest BCUT2D eigenvalue weighted by atomic mass is 9.94. The second-order valence-electron chi connectivity index (χ2n) is 5.23. The Morgan fingerprint density at radius 3 is 2.43 bits per heavy atom. The molecule has 0 spiro atoms. The van der Waals surface area contributed by atoms with E-state index in [2.05, 4.69) is 11.9 Å². The number of benzene rings is 1. The number of hydrogen-bond donors (Lipinski definition) is 2. The molecule has 3 atom stereocenters. The van der Waals surface area contributed by atoms with E-state index in [-0.39, 0.29) is 24.2 Å². The number of hydrogen-bond acceptors (Lipinski definition) is 2. The van der Waals surface area contributed by atoms with Crippen LogP contribution < -0.4 is 5.32 Å². The molecule has 0 radical (unpaired) electrons. The fourth-order valence-electron chi connectivity index (χ4n) is 2.15. The van der Waals surface area contributed by atoms with Gasteiger partial charge in [0, 0.05) is 12.3 Å². The molecule has 1 aromatic rings. The molecule has 2 N–H and O–H groups in total. The van der Waals surface area contributed by atoms with E-state index in [9.17, 15) is 14.7 Å². The molecular weight excluding hydrogens is 266 g/mol. The van der Waals surface area contributed by atoms with Gasteiger partial charge in [0.1, 0.15) is 6.04 Å². The van der Waals surface area contributed by atoms with Crippen LogP contribution in [0.15, 0.2) is 43.0 Å².